The van der Waals surface area contributed by atoms with Crippen molar-refractivity contribution in [1.29, 1.82) is 0 Å². The second kappa shape index (κ2) is 8.77. The van der Waals surface area contributed by atoms with Gasteiger partial charge in [0.05, 0.1) is 12.3 Å². The molecule has 0 saturated carbocycles. The zero-order chi connectivity index (χ0) is 14.9. The molecule has 5 heteroatoms. The SMILES string of the molecule is COCCNCc1csc(N(C)CCc2ccccc2)n1. The number of hydrogen-bond donors (Lipinski definition) is 1. The molecule has 1 aromatic carbocycles. The summed E-state index contributed by atoms with van der Waals surface area (Å²) in [4.78, 5) is 6.88. The molecule has 0 aliphatic carbocycles. The Morgan fingerprint density at radius 2 is 2.10 bits per heavy atom. The molecule has 0 fully saturated rings. The van der Waals surface area contributed by atoms with Gasteiger partial charge in [-0.1, -0.05) is 30.3 Å². The molecule has 21 heavy (non-hydrogen) atoms. The summed E-state index contributed by atoms with van der Waals surface area (Å²) in [6.07, 6.45) is 1.04. The molecule has 4 nitrogen and oxygen atoms in total. The van der Waals surface area contributed by atoms with Gasteiger partial charge in [-0.3, -0.25) is 0 Å². The number of rotatable bonds is 9. The molecule has 114 valence electrons. The Labute approximate surface area is 130 Å². The quantitative estimate of drug-likeness (QED) is 0.723. The van der Waals surface area contributed by atoms with Crippen LogP contribution in [-0.2, 0) is 17.7 Å². The second-order valence-electron chi connectivity index (χ2n) is 4.95. The molecule has 1 N–H and O–H groups in total. The number of aromatic nitrogens is 1. The molecule has 0 atom stereocenters. The summed E-state index contributed by atoms with van der Waals surface area (Å²) in [6.45, 7) is 3.36. The summed E-state index contributed by atoms with van der Waals surface area (Å²) in [7, 11) is 3.81. The number of nitrogens with one attached hydrogen (secondary N) is 1. The molecular weight excluding hydrogens is 282 g/mol. The Balaban J connectivity index is 1.77. The summed E-state index contributed by atoms with van der Waals surface area (Å²) >= 11 is 1.70. The van der Waals surface area contributed by atoms with E-state index in [1.54, 1.807) is 18.4 Å². The second-order valence-corrected chi connectivity index (χ2v) is 5.78. The highest BCUT2D eigenvalue weighted by atomic mass is 32.1. The first-order valence-corrected chi connectivity index (χ1v) is 8.06. The molecule has 0 amide bonds. The van der Waals surface area contributed by atoms with Crippen LogP contribution in [0.5, 0.6) is 0 Å². The zero-order valence-corrected chi connectivity index (χ0v) is 13.5. The molecule has 2 aromatic rings. The Morgan fingerprint density at radius 3 is 2.86 bits per heavy atom. The highest BCUT2D eigenvalue weighted by Crippen LogP contribution is 2.19. The normalized spacial score (nSPS) is 10.8. The van der Waals surface area contributed by atoms with Crippen LogP contribution in [0.4, 0.5) is 5.13 Å². The Morgan fingerprint density at radius 1 is 1.29 bits per heavy atom. The van der Waals surface area contributed by atoms with Crippen molar-refractivity contribution in [3.63, 3.8) is 0 Å². The molecule has 0 radical (unpaired) electrons. The monoisotopic (exact) mass is 305 g/mol. The van der Waals surface area contributed by atoms with Gasteiger partial charge in [0.25, 0.3) is 0 Å². The van der Waals surface area contributed by atoms with E-state index in [2.05, 4.69) is 58.0 Å². The fourth-order valence-corrected chi connectivity index (χ4v) is 2.80. The third-order valence-corrected chi connectivity index (χ3v) is 4.24. The molecule has 0 spiro atoms. The summed E-state index contributed by atoms with van der Waals surface area (Å²) in [5.74, 6) is 0. The van der Waals surface area contributed by atoms with Crippen LogP contribution in [0.25, 0.3) is 0 Å². The van der Waals surface area contributed by atoms with E-state index in [1.807, 2.05) is 0 Å². The van der Waals surface area contributed by atoms with Crippen molar-refractivity contribution in [2.24, 2.45) is 0 Å². The Bertz CT molecular complexity index is 515. The summed E-state index contributed by atoms with van der Waals surface area (Å²) < 4.78 is 5.01. The highest BCUT2D eigenvalue weighted by molar-refractivity contribution is 7.13. The fourth-order valence-electron chi connectivity index (χ4n) is 1.98. The van der Waals surface area contributed by atoms with Gasteiger partial charge >= 0.3 is 0 Å². The van der Waals surface area contributed by atoms with Gasteiger partial charge in [0.2, 0.25) is 0 Å². The van der Waals surface area contributed by atoms with Gasteiger partial charge < -0.3 is 15.0 Å². The van der Waals surface area contributed by atoms with Crippen LogP contribution in [0.2, 0.25) is 0 Å². The van der Waals surface area contributed by atoms with Crippen LogP contribution < -0.4 is 10.2 Å². The standard InChI is InChI=1S/C16H23N3OS/c1-19(10-8-14-6-4-3-5-7-14)16-18-15(13-21-16)12-17-9-11-20-2/h3-7,13,17H,8-12H2,1-2H3. The van der Waals surface area contributed by atoms with E-state index in [0.717, 1.165) is 43.5 Å². The van der Waals surface area contributed by atoms with Crippen LogP contribution in [-0.4, -0.2) is 38.8 Å². The molecule has 0 aliphatic heterocycles. The first-order valence-electron chi connectivity index (χ1n) is 7.18. The predicted molar refractivity (Wildman–Crippen MR) is 89.1 cm³/mol. The van der Waals surface area contributed by atoms with Crippen molar-refractivity contribution < 1.29 is 4.74 Å². The lowest BCUT2D eigenvalue weighted by Crippen LogP contribution is -2.21. The first kappa shape index (κ1) is 15.9. The average Bonchev–Trinajstić information content (AvgIpc) is 2.99. The molecule has 2 rings (SSSR count). The lowest BCUT2D eigenvalue weighted by atomic mass is 10.1. The van der Waals surface area contributed by atoms with E-state index in [0.29, 0.717) is 0 Å². The first-order chi connectivity index (χ1) is 10.3. The van der Waals surface area contributed by atoms with Gasteiger partial charge in [0, 0.05) is 39.2 Å². The predicted octanol–water partition coefficient (Wildman–Crippen LogP) is 2.56. The lowest BCUT2D eigenvalue weighted by Gasteiger charge is -2.15. The van der Waals surface area contributed by atoms with Crippen molar-refractivity contribution >= 4 is 16.5 Å². The average molecular weight is 305 g/mol. The van der Waals surface area contributed by atoms with E-state index >= 15 is 0 Å². The number of methoxy groups -OCH3 is 1. The number of ether oxygens (including phenoxy) is 1. The number of thiazole rings is 1. The maximum Gasteiger partial charge on any atom is 0.185 e. The van der Waals surface area contributed by atoms with Crippen molar-refractivity contribution in [3.8, 4) is 0 Å². The highest BCUT2D eigenvalue weighted by Gasteiger charge is 2.07. The van der Waals surface area contributed by atoms with E-state index < -0.39 is 0 Å². The third-order valence-electron chi connectivity index (χ3n) is 3.23. The van der Waals surface area contributed by atoms with E-state index in [4.69, 9.17) is 4.74 Å². The van der Waals surface area contributed by atoms with Crippen LogP contribution in [0.1, 0.15) is 11.3 Å². The topological polar surface area (TPSA) is 37.4 Å². The molecule has 0 aliphatic rings. The van der Waals surface area contributed by atoms with Crippen LogP contribution in [0.15, 0.2) is 35.7 Å². The molecule has 0 saturated heterocycles. The number of anilines is 1. The minimum Gasteiger partial charge on any atom is -0.383 e. The van der Waals surface area contributed by atoms with Gasteiger partial charge in [-0.25, -0.2) is 4.98 Å². The van der Waals surface area contributed by atoms with Crippen molar-refractivity contribution in [2.75, 3.05) is 38.8 Å². The van der Waals surface area contributed by atoms with Gasteiger partial charge in [-0.2, -0.15) is 0 Å². The minimum atomic E-state index is 0.730. The molecular formula is C16H23N3OS. The number of hydrogen-bond acceptors (Lipinski definition) is 5. The van der Waals surface area contributed by atoms with Crippen molar-refractivity contribution in [2.45, 2.75) is 13.0 Å². The van der Waals surface area contributed by atoms with Crippen LogP contribution >= 0.6 is 11.3 Å². The summed E-state index contributed by atoms with van der Waals surface area (Å²) in [5.41, 5.74) is 2.46. The van der Waals surface area contributed by atoms with Crippen molar-refractivity contribution in [1.82, 2.24) is 10.3 Å². The number of nitrogens with zero attached hydrogens (tertiary/aromatic N) is 2. The zero-order valence-electron chi connectivity index (χ0n) is 12.7. The fraction of sp³-hybridized carbons (Fsp3) is 0.438. The van der Waals surface area contributed by atoms with Gasteiger partial charge in [0.15, 0.2) is 5.13 Å². The minimum absolute atomic E-state index is 0.730. The van der Waals surface area contributed by atoms with Crippen LogP contribution in [0, 0.1) is 0 Å². The Kier molecular flexibility index (Phi) is 6.66. The summed E-state index contributed by atoms with van der Waals surface area (Å²) in [5, 5.41) is 6.51. The van der Waals surface area contributed by atoms with Gasteiger partial charge in [-0.15, -0.1) is 11.3 Å². The maximum absolute atomic E-state index is 5.01. The third kappa shape index (κ3) is 5.46. The Hall–Kier alpha value is -1.43. The van der Waals surface area contributed by atoms with E-state index in [-0.39, 0.29) is 0 Å². The van der Waals surface area contributed by atoms with E-state index in [9.17, 15) is 0 Å². The van der Waals surface area contributed by atoms with Crippen LogP contribution in [0.3, 0.4) is 0 Å². The molecule has 1 aromatic heterocycles. The smallest absolute Gasteiger partial charge is 0.185 e. The van der Waals surface area contributed by atoms with Gasteiger partial charge in [-0.05, 0) is 12.0 Å². The number of likely N-dealkylation sites (N-methyl/N-ethyl adjacent to an activating group) is 1. The largest absolute Gasteiger partial charge is 0.383 e. The molecule has 0 unspecified atom stereocenters. The maximum atomic E-state index is 5.01. The lowest BCUT2D eigenvalue weighted by molar-refractivity contribution is 0.199. The van der Waals surface area contributed by atoms with Crippen molar-refractivity contribution in [3.05, 3.63) is 47.0 Å². The molecule has 1 heterocycles. The summed E-state index contributed by atoms with van der Waals surface area (Å²) in [6, 6.07) is 10.6. The van der Waals surface area contributed by atoms with E-state index in [1.165, 1.54) is 5.56 Å². The molecule has 0 bridgehead atoms. The number of benzene rings is 1. The van der Waals surface area contributed by atoms with Gasteiger partial charge in [0.1, 0.15) is 0 Å².